The van der Waals surface area contributed by atoms with Crippen LogP contribution >= 0.6 is 0 Å². The number of amides is 1. The summed E-state index contributed by atoms with van der Waals surface area (Å²) in [5.41, 5.74) is 1.41. The van der Waals surface area contributed by atoms with Gasteiger partial charge in [0.05, 0.1) is 12.8 Å². The number of esters is 1. The number of ketones is 1. The van der Waals surface area contributed by atoms with Gasteiger partial charge in [0.25, 0.3) is 5.91 Å². The van der Waals surface area contributed by atoms with E-state index in [-0.39, 0.29) is 23.2 Å². The van der Waals surface area contributed by atoms with Gasteiger partial charge in [-0.25, -0.2) is 4.79 Å². The number of hydrogen-bond donors (Lipinski definition) is 2. The number of methoxy groups -OCH3 is 1. The maximum atomic E-state index is 12.6. The Morgan fingerprint density at radius 2 is 1.77 bits per heavy atom. The fourth-order valence-electron chi connectivity index (χ4n) is 8.66. The van der Waals surface area contributed by atoms with E-state index >= 15 is 0 Å². The molecule has 2 N–H and O–H groups in total. The molecule has 216 valence electrons. The van der Waals surface area contributed by atoms with E-state index in [1.807, 2.05) is 6.07 Å². The van der Waals surface area contributed by atoms with Gasteiger partial charge in [-0.15, -0.1) is 0 Å². The van der Waals surface area contributed by atoms with Gasteiger partial charge in [-0.2, -0.15) is 0 Å². The van der Waals surface area contributed by atoms with Crippen molar-refractivity contribution in [1.82, 2.24) is 5.32 Å². The van der Waals surface area contributed by atoms with Gasteiger partial charge in [0.1, 0.15) is 5.60 Å². The molecule has 0 saturated heterocycles. The van der Waals surface area contributed by atoms with Crippen LogP contribution in [0.1, 0.15) is 83.7 Å². The Morgan fingerprint density at radius 1 is 1.05 bits per heavy atom. The van der Waals surface area contributed by atoms with Crippen LogP contribution in [0.4, 0.5) is 0 Å². The van der Waals surface area contributed by atoms with Crippen molar-refractivity contribution >= 4 is 23.4 Å². The third kappa shape index (κ3) is 4.68. The minimum atomic E-state index is -1.19. The van der Waals surface area contributed by atoms with E-state index in [2.05, 4.69) is 30.4 Å². The van der Waals surface area contributed by atoms with Gasteiger partial charge in [-0.1, -0.05) is 54.9 Å². The van der Waals surface area contributed by atoms with E-state index < -0.39 is 23.5 Å². The molecule has 0 bridgehead atoms. The fourth-order valence-corrected chi connectivity index (χ4v) is 8.66. The van der Waals surface area contributed by atoms with Crippen LogP contribution in [0.2, 0.25) is 0 Å². The first kappa shape index (κ1) is 28.5. The van der Waals surface area contributed by atoms with Crippen molar-refractivity contribution in [3.8, 4) is 0 Å². The Labute approximate surface area is 236 Å². The van der Waals surface area contributed by atoms with E-state index in [4.69, 9.17) is 9.57 Å². The highest BCUT2D eigenvalue weighted by Gasteiger charge is 2.65. The molecule has 3 saturated carbocycles. The minimum absolute atomic E-state index is 0.0704. The molecule has 3 fully saturated rings. The molecule has 8 nitrogen and oxygen atoms in total. The van der Waals surface area contributed by atoms with Crippen LogP contribution in [0, 0.1) is 28.6 Å². The number of allylic oxidation sites excluding steroid dienone is 2. The van der Waals surface area contributed by atoms with Gasteiger partial charge in [0.2, 0.25) is 0 Å². The summed E-state index contributed by atoms with van der Waals surface area (Å²) < 4.78 is 4.86. The van der Waals surface area contributed by atoms with Crippen LogP contribution in [-0.2, 0) is 24.0 Å². The second-order valence-electron chi connectivity index (χ2n) is 12.7. The number of carbonyl (C=O) groups excluding carboxylic acids is 3. The molecule has 4 unspecified atom stereocenters. The van der Waals surface area contributed by atoms with Gasteiger partial charge in [-0.05, 0) is 93.1 Å². The maximum Gasteiger partial charge on any atom is 0.333 e. The normalized spacial score (nSPS) is 36.4. The minimum Gasteiger partial charge on any atom is -0.467 e. The average molecular weight is 551 g/mol. The van der Waals surface area contributed by atoms with Crippen molar-refractivity contribution in [3.05, 3.63) is 47.5 Å². The molecule has 8 heteroatoms. The van der Waals surface area contributed by atoms with Gasteiger partial charge in [0.15, 0.2) is 18.4 Å². The average Bonchev–Trinajstić information content (AvgIpc) is 3.23. The topological polar surface area (TPSA) is 114 Å². The van der Waals surface area contributed by atoms with E-state index in [1.54, 1.807) is 31.2 Å². The lowest BCUT2D eigenvalue weighted by Gasteiger charge is -2.59. The Hall–Kier alpha value is -3.00. The van der Waals surface area contributed by atoms with Crippen molar-refractivity contribution in [1.29, 1.82) is 0 Å². The molecular formula is C32H42N2O6. The van der Waals surface area contributed by atoms with E-state index in [9.17, 15) is 19.5 Å². The van der Waals surface area contributed by atoms with Crippen molar-refractivity contribution in [2.75, 3.05) is 13.7 Å². The van der Waals surface area contributed by atoms with Crippen molar-refractivity contribution in [3.63, 3.8) is 0 Å². The number of hydrogen-bond acceptors (Lipinski definition) is 7. The number of benzene rings is 1. The van der Waals surface area contributed by atoms with Crippen LogP contribution < -0.4 is 5.32 Å². The monoisotopic (exact) mass is 550 g/mol. The zero-order valence-electron chi connectivity index (χ0n) is 24.1. The van der Waals surface area contributed by atoms with Crippen molar-refractivity contribution in [2.45, 2.75) is 83.8 Å². The van der Waals surface area contributed by atoms with Crippen LogP contribution in [0.5, 0.6) is 0 Å². The summed E-state index contributed by atoms with van der Waals surface area (Å²) in [6.45, 7) is 5.79. The number of oxime groups is 1. The first-order valence-corrected chi connectivity index (χ1v) is 14.6. The number of ether oxygens (including phenoxy) is 1. The molecular weight excluding hydrogens is 508 g/mol. The summed E-state index contributed by atoms with van der Waals surface area (Å²) in [5.74, 6) is 0.336. The molecule has 0 spiro atoms. The highest BCUT2D eigenvalue weighted by molar-refractivity contribution is 5.96. The van der Waals surface area contributed by atoms with Crippen molar-refractivity contribution < 1.29 is 29.1 Å². The molecule has 4 aliphatic rings. The predicted octanol–water partition coefficient (Wildman–Crippen LogP) is 4.67. The first-order valence-electron chi connectivity index (χ1n) is 14.6. The van der Waals surface area contributed by atoms with E-state index in [0.717, 1.165) is 50.7 Å². The molecule has 1 aromatic carbocycles. The third-order valence-corrected chi connectivity index (χ3v) is 11.0. The quantitative estimate of drug-likeness (QED) is 0.377. The molecule has 0 heterocycles. The molecule has 0 aliphatic heterocycles. The van der Waals surface area contributed by atoms with Crippen LogP contribution in [0.25, 0.3) is 0 Å². The molecule has 4 aliphatic carbocycles. The Kier molecular flexibility index (Phi) is 7.68. The van der Waals surface area contributed by atoms with Crippen LogP contribution in [-0.4, -0.2) is 47.8 Å². The molecule has 7 atom stereocenters. The molecule has 0 radical (unpaired) electrons. The number of nitrogens with zero attached hydrogens (tertiary/aromatic N) is 1. The number of carbonyl (C=O) groups is 3. The predicted molar refractivity (Wildman–Crippen MR) is 150 cm³/mol. The number of fused-ring (bicyclic) bond motifs is 5. The first-order chi connectivity index (χ1) is 19.0. The summed E-state index contributed by atoms with van der Waals surface area (Å²) >= 11 is 0. The zero-order valence-corrected chi connectivity index (χ0v) is 24.1. The third-order valence-electron chi connectivity index (χ3n) is 11.0. The number of nitrogens with one attached hydrogen (secondary N) is 1. The number of rotatable bonds is 7. The van der Waals surface area contributed by atoms with Crippen molar-refractivity contribution in [2.24, 2.45) is 33.7 Å². The summed E-state index contributed by atoms with van der Waals surface area (Å²) in [5, 5.41) is 18.3. The standard InChI is InChI=1S/C32H42N2O6/c1-20(35)32(38)17-14-26-24-11-10-22-18-23(12-15-30(22,2)25(24)13-16-31(26,32)3)34-40-19-27(36)33-28(29(37)39-4)21-8-6-5-7-9-21/h5-9,18,24-26,28,38H,10-17,19H2,1-4H3,(H,33,36)/b34-23+/t24?,25?,26?,28?,30-,31-,32-/m0/s1. The van der Waals surface area contributed by atoms with Gasteiger partial charge < -0.3 is 20.0 Å². The molecule has 1 aromatic rings. The maximum absolute atomic E-state index is 12.6. The smallest absolute Gasteiger partial charge is 0.333 e. The molecule has 0 aromatic heterocycles. The lowest BCUT2D eigenvalue weighted by atomic mass is 9.46. The van der Waals surface area contributed by atoms with Gasteiger partial charge in [0, 0.05) is 5.41 Å². The largest absolute Gasteiger partial charge is 0.467 e. The molecule has 5 rings (SSSR count). The SMILES string of the molecule is COC(=O)C(NC(=O)CO/N=C1/C=C2CCC3C(CC[C@@]4(C)C3CC[C@]4(O)C(C)=O)[C@@]2(C)CC1)c1ccccc1. The Morgan fingerprint density at radius 3 is 2.48 bits per heavy atom. The Bertz CT molecular complexity index is 1230. The molecule has 1 amide bonds. The lowest BCUT2D eigenvalue weighted by Crippen LogP contribution is -2.57. The second kappa shape index (κ2) is 10.8. The zero-order chi connectivity index (χ0) is 28.7. The van der Waals surface area contributed by atoms with Crippen LogP contribution in [0.3, 0.4) is 0 Å². The van der Waals surface area contributed by atoms with E-state index in [1.165, 1.54) is 12.7 Å². The fraction of sp³-hybridized carbons (Fsp3) is 0.625. The highest BCUT2D eigenvalue weighted by Crippen LogP contribution is 2.67. The number of Topliss-reactive ketones (excluding diaryl/α,β-unsaturated/α-hetero) is 1. The molecule has 40 heavy (non-hydrogen) atoms. The number of aliphatic hydroxyl groups is 1. The summed E-state index contributed by atoms with van der Waals surface area (Å²) in [6.07, 6.45) is 9.33. The van der Waals surface area contributed by atoms with Gasteiger partial charge in [-0.3, -0.25) is 9.59 Å². The lowest BCUT2D eigenvalue weighted by molar-refractivity contribution is -0.159. The Balaban J connectivity index is 1.23. The summed E-state index contributed by atoms with van der Waals surface area (Å²) in [6, 6.07) is 8.03. The second-order valence-corrected chi connectivity index (χ2v) is 12.7. The van der Waals surface area contributed by atoms with Crippen LogP contribution in [0.15, 0.2) is 47.1 Å². The highest BCUT2D eigenvalue weighted by atomic mass is 16.6. The summed E-state index contributed by atoms with van der Waals surface area (Å²) in [7, 11) is 1.29. The van der Waals surface area contributed by atoms with Gasteiger partial charge >= 0.3 is 5.97 Å². The van der Waals surface area contributed by atoms with E-state index in [0.29, 0.717) is 29.7 Å². The summed E-state index contributed by atoms with van der Waals surface area (Å²) in [4.78, 5) is 42.7.